The lowest BCUT2D eigenvalue weighted by molar-refractivity contribution is 0.0525. The minimum atomic E-state index is -0.469. The quantitative estimate of drug-likeness (QED) is 0.600. The molecule has 0 aliphatic heterocycles. The number of aromatic nitrogens is 2. The first kappa shape index (κ1) is 19.3. The summed E-state index contributed by atoms with van der Waals surface area (Å²) < 4.78 is 16.6. The average Bonchev–Trinajstić information content (AvgIpc) is 3.08. The molecule has 146 valence electrons. The molecule has 2 heterocycles. The lowest BCUT2D eigenvalue weighted by Gasteiger charge is -2.13. The van der Waals surface area contributed by atoms with Gasteiger partial charge in [-0.1, -0.05) is 0 Å². The Labute approximate surface area is 162 Å². The number of carbonyl (C=O) groups is 2. The van der Waals surface area contributed by atoms with Gasteiger partial charge in [-0.3, -0.25) is 4.79 Å². The van der Waals surface area contributed by atoms with Crippen LogP contribution < -0.4 is 4.74 Å². The van der Waals surface area contributed by atoms with E-state index >= 15 is 0 Å². The molecule has 2 aromatic heterocycles. The minimum absolute atomic E-state index is 0.0845. The Bertz CT molecular complexity index is 1010. The van der Waals surface area contributed by atoms with Crippen molar-refractivity contribution >= 4 is 22.8 Å². The number of carbonyl (C=O) groups excluding carboxylic acids is 2. The zero-order chi connectivity index (χ0) is 20.3. The maximum Gasteiger partial charge on any atom is 0.338 e. The molecule has 0 aliphatic carbocycles. The topological polar surface area (TPSA) is 94.8 Å². The van der Waals surface area contributed by atoms with Crippen molar-refractivity contribution in [2.24, 2.45) is 0 Å². The number of furan rings is 1. The summed E-state index contributed by atoms with van der Waals surface area (Å²) in [5.41, 5.74) is 0.825. The Morgan fingerprint density at radius 1 is 1.14 bits per heavy atom. The third-order valence-electron chi connectivity index (χ3n) is 4.10. The maximum atomic E-state index is 12.1. The van der Waals surface area contributed by atoms with E-state index in [0.717, 1.165) is 0 Å². The van der Waals surface area contributed by atoms with Crippen LogP contribution in [0.2, 0.25) is 0 Å². The van der Waals surface area contributed by atoms with Gasteiger partial charge < -0.3 is 18.8 Å². The van der Waals surface area contributed by atoms with Crippen molar-refractivity contribution in [3.8, 4) is 11.5 Å². The van der Waals surface area contributed by atoms with Crippen molar-refractivity contribution in [2.75, 3.05) is 20.2 Å². The number of benzene rings is 1. The van der Waals surface area contributed by atoms with E-state index in [-0.39, 0.29) is 18.3 Å². The van der Waals surface area contributed by atoms with E-state index in [1.165, 1.54) is 17.3 Å². The van der Waals surface area contributed by atoms with E-state index in [0.29, 0.717) is 40.3 Å². The second-order valence-electron chi connectivity index (χ2n) is 6.13. The van der Waals surface area contributed by atoms with Gasteiger partial charge in [0.1, 0.15) is 17.1 Å². The molecule has 0 unspecified atom stereocenters. The van der Waals surface area contributed by atoms with Crippen molar-refractivity contribution in [2.45, 2.75) is 20.8 Å². The number of fused-ring (bicyclic) bond motifs is 1. The zero-order valence-corrected chi connectivity index (χ0v) is 16.2. The SMILES string of the molecule is CCOC(=O)c1cc(Oc2cnc(C(=O)N(C)CC)nc2)c2cc(C)oc2c1. The van der Waals surface area contributed by atoms with Gasteiger partial charge in [-0.15, -0.1) is 0 Å². The Hall–Kier alpha value is -3.42. The number of esters is 1. The lowest BCUT2D eigenvalue weighted by atomic mass is 10.1. The summed E-state index contributed by atoms with van der Waals surface area (Å²) in [6, 6.07) is 5.01. The summed E-state index contributed by atoms with van der Waals surface area (Å²) in [6.07, 6.45) is 2.83. The standard InChI is InChI=1S/C20H21N3O5/c1-5-23(4)19(24)18-21-10-14(11-22-18)28-17-9-13(20(25)26-6-2)8-16-15(17)7-12(3)27-16/h7-11H,5-6H2,1-4H3. The Kier molecular flexibility index (Phi) is 5.58. The second kappa shape index (κ2) is 8.08. The molecule has 0 fully saturated rings. The maximum absolute atomic E-state index is 12.1. The van der Waals surface area contributed by atoms with Crippen LogP contribution in [-0.4, -0.2) is 46.9 Å². The molecule has 0 bridgehead atoms. The van der Waals surface area contributed by atoms with Crippen LogP contribution in [0.1, 0.15) is 40.6 Å². The van der Waals surface area contributed by atoms with Gasteiger partial charge in [0.2, 0.25) is 5.82 Å². The average molecular weight is 383 g/mol. The van der Waals surface area contributed by atoms with E-state index in [4.69, 9.17) is 13.9 Å². The molecule has 1 aromatic carbocycles. The van der Waals surface area contributed by atoms with Crippen LogP contribution in [0.4, 0.5) is 0 Å². The highest BCUT2D eigenvalue weighted by atomic mass is 16.5. The molecule has 3 rings (SSSR count). The van der Waals surface area contributed by atoms with Gasteiger partial charge >= 0.3 is 5.97 Å². The number of rotatable bonds is 6. The third kappa shape index (κ3) is 3.95. The van der Waals surface area contributed by atoms with Gasteiger partial charge in [0.25, 0.3) is 5.91 Å². The number of aryl methyl sites for hydroxylation is 1. The fraction of sp³-hybridized carbons (Fsp3) is 0.300. The predicted molar refractivity (Wildman–Crippen MR) is 102 cm³/mol. The number of ether oxygens (including phenoxy) is 2. The molecule has 0 radical (unpaired) electrons. The first-order valence-corrected chi connectivity index (χ1v) is 8.89. The van der Waals surface area contributed by atoms with Crippen molar-refractivity contribution in [3.05, 3.63) is 47.7 Å². The molecule has 3 aromatic rings. The van der Waals surface area contributed by atoms with Crippen LogP contribution in [-0.2, 0) is 4.74 Å². The molecule has 0 saturated heterocycles. The predicted octanol–water partition coefficient (Wildman–Crippen LogP) is 3.59. The van der Waals surface area contributed by atoms with Crippen LogP contribution in [0.25, 0.3) is 11.0 Å². The summed E-state index contributed by atoms with van der Waals surface area (Å²) in [4.78, 5) is 33.9. The summed E-state index contributed by atoms with van der Waals surface area (Å²) >= 11 is 0. The molecule has 0 spiro atoms. The summed E-state index contributed by atoms with van der Waals surface area (Å²) in [5.74, 6) is 0.763. The van der Waals surface area contributed by atoms with Crippen LogP contribution in [0.5, 0.6) is 11.5 Å². The highest BCUT2D eigenvalue weighted by molar-refractivity contribution is 5.97. The lowest BCUT2D eigenvalue weighted by Crippen LogP contribution is -2.27. The van der Waals surface area contributed by atoms with Gasteiger partial charge in [-0.2, -0.15) is 0 Å². The van der Waals surface area contributed by atoms with Crippen LogP contribution in [0, 0.1) is 6.92 Å². The molecule has 0 N–H and O–H groups in total. The first-order chi connectivity index (χ1) is 13.4. The fourth-order valence-electron chi connectivity index (χ4n) is 2.57. The van der Waals surface area contributed by atoms with Crippen molar-refractivity contribution in [3.63, 3.8) is 0 Å². The van der Waals surface area contributed by atoms with Gasteiger partial charge in [0.15, 0.2) is 5.75 Å². The minimum Gasteiger partial charge on any atom is -0.462 e. The molecule has 0 atom stereocenters. The molecular weight excluding hydrogens is 362 g/mol. The Morgan fingerprint density at radius 2 is 1.86 bits per heavy atom. The highest BCUT2D eigenvalue weighted by Crippen LogP contribution is 2.33. The molecular formula is C20H21N3O5. The fourth-order valence-corrected chi connectivity index (χ4v) is 2.57. The van der Waals surface area contributed by atoms with E-state index in [1.807, 2.05) is 19.9 Å². The summed E-state index contributed by atoms with van der Waals surface area (Å²) in [6.45, 7) is 6.23. The van der Waals surface area contributed by atoms with Crippen LogP contribution >= 0.6 is 0 Å². The number of hydrogen-bond acceptors (Lipinski definition) is 7. The van der Waals surface area contributed by atoms with Crippen molar-refractivity contribution in [1.82, 2.24) is 14.9 Å². The van der Waals surface area contributed by atoms with E-state index in [2.05, 4.69) is 9.97 Å². The zero-order valence-electron chi connectivity index (χ0n) is 16.2. The van der Waals surface area contributed by atoms with Crippen LogP contribution in [0.3, 0.4) is 0 Å². The smallest absolute Gasteiger partial charge is 0.338 e. The van der Waals surface area contributed by atoms with Crippen molar-refractivity contribution < 1.29 is 23.5 Å². The molecule has 1 amide bonds. The summed E-state index contributed by atoms with van der Waals surface area (Å²) in [5, 5.41) is 0.705. The monoisotopic (exact) mass is 383 g/mol. The number of amides is 1. The number of hydrogen-bond donors (Lipinski definition) is 0. The van der Waals surface area contributed by atoms with Gasteiger partial charge in [-0.25, -0.2) is 14.8 Å². The van der Waals surface area contributed by atoms with Gasteiger partial charge in [-0.05, 0) is 39.0 Å². The highest BCUT2D eigenvalue weighted by Gasteiger charge is 2.17. The van der Waals surface area contributed by atoms with Crippen LogP contribution in [0.15, 0.2) is 35.0 Å². The first-order valence-electron chi connectivity index (χ1n) is 8.89. The molecule has 0 saturated carbocycles. The Balaban J connectivity index is 1.92. The molecule has 8 nitrogen and oxygen atoms in total. The van der Waals surface area contributed by atoms with Gasteiger partial charge in [0, 0.05) is 13.6 Å². The number of nitrogens with zero attached hydrogens (tertiary/aromatic N) is 3. The normalized spacial score (nSPS) is 10.7. The summed E-state index contributed by atoms with van der Waals surface area (Å²) in [7, 11) is 1.68. The van der Waals surface area contributed by atoms with Crippen molar-refractivity contribution in [1.29, 1.82) is 0 Å². The van der Waals surface area contributed by atoms with E-state index in [9.17, 15) is 9.59 Å². The third-order valence-corrected chi connectivity index (χ3v) is 4.10. The molecule has 0 aliphatic rings. The molecule has 28 heavy (non-hydrogen) atoms. The van der Waals surface area contributed by atoms with E-state index in [1.54, 1.807) is 26.1 Å². The Morgan fingerprint density at radius 3 is 2.50 bits per heavy atom. The molecule has 8 heteroatoms. The van der Waals surface area contributed by atoms with E-state index < -0.39 is 5.97 Å². The van der Waals surface area contributed by atoms with Gasteiger partial charge in [0.05, 0.1) is 30.0 Å². The largest absolute Gasteiger partial charge is 0.462 e. The second-order valence-corrected chi connectivity index (χ2v) is 6.13.